The monoisotopic (exact) mass is 563 g/mol. The maximum atomic E-state index is 13.5. The molecule has 4 aromatic heterocycles. The lowest BCUT2D eigenvalue weighted by atomic mass is 10.2. The van der Waals surface area contributed by atoms with Crippen LogP contribution in [-0.2, 0) is 17.9 Å². The number of aromatic nitrogens is 6. The molecule has 0 unspecified atom stereocenters. The van der Waals surface area contributed by atoms with Gasteiger partial charge in [-0.3, -0.25) is 14.5 Å². The summed E-state index contributed by atoms with van der Waals surface area (Å²) in [5, 5.41) is 4.76. The highest BCUT2D eigenvalue weighted by Gasteiger charge is 2.38. The van der Waals surface area contributed by atoms with Crippen LogP contribution in [0.15, 0.2) is 65.7 Å². The van der Waals surface area contributed by atoms with Crippen LogP contribution in [0.4, 0.5) is 17.5 Å². The molecule has 8 rings (SSSR count). The van der Waals surface area contributed by atoms with E-state index in [2.05, 4.69) is 33.2 Å². The molecule has 0 atom stereocenters. The largest absolute Gasteiger partial charge is 0.480 e. The Morgan fingerprint density at radius 2 is 1.98 bits per heavy atom. The van der Waals surface area contributed by atoms with E-state index in [0.717, 1.165) is 48.8 Å². The Hall–Kier alpha value is -4.97. The van der Waals surface area contributed by atoms with Crippen molar-refractivity contribution in [1.82, 2.24) is 28.9 Å². The van der Waals surface area contributed by atoms with Crippen LogP contribution in [0.2, 0.25) is 0 Å². The smallest absolute Gasteiger partial charge is 0.278 e. The second-order valence-electron chi connectivity index (χ2n) is 11.3. The Labute approximate surface area is 240 Å². The molecule has 2 bridgehead atoms. The maximum absolute atomic E-state index is 13.5. The van der Waals surface area contributed by atoms with Gasteiger partial charge in [-0.25, -0.2) is 19.3 Å². The predicted octanol–water partition coefficient (Wildman–Crippen LogP) is 3.24. The lowest BCUT2D eigenvalue weighted by Gasteiger charge is -2.28. The van der Waals surface area contributed by atoms with E-state index in [9.17, 15) is 9.59 Å². The Bertz CT molecular complexity index is 1980. The highest BCUT2D eigenvalue weighted by Crippen LogP contribution is 2.35. The lowest BCUT2D eigenvalue weighted by Crippen LogP contribution is -2.40. The number of amides is 1. The van der Waals surface area contributed by atoms with Gasteiger partial charge in [-0.1, -0.05) is 12.2 Å². The molecule has 5 aromatic rings. The van der Waals surface area contributed by atoms with Crippen molar-refractivity contribution in [2.75, 3.05) is 23.4 Å². The zero-order valence-electron chi connectivity index (χ0n) is 22.9. The summed E-state index contributed by atoms with van der Waals surface area (Å²) >= 11 is 0. The van der Waals surface area contributed by atoms with Crippen molar-refractivity contribution in [1.29, 1.82) is 0 Å². The predicted molar refractivity (Wildman–Crippen MR) is 159 cm³/mol. The SMILES string of the molecule is NC1(Cn2ccc3cc(Nc4ncc5c(=O)n6n(c5n4)-c4ccc5c(n4)N(CCC/C=C\C6)C(=O)CO5)ccc32)CC1. The molecule has 1 amide bonds. The molecule has 1 fully saturated rings. The number of hydrogen-bond donors (Lipinski definition) is 2. The Morgan fingerprint density at radius 1 is 1.07 bits per heavy atom. The number of carbonyl (C=O) groups is 1. The molecule has 1 saturated carbocycles. The van der Waals surface area contributed by atoms with Crippen molar-refractivity contribution >= 4 is 45.3 Å². The van der Waals surface area contributed by atoms with Crippen LogP contribution in [-0.4, -0.2) is 53.5 Å². The second-order valence-corrected chi connectivity index (χ2v) is 11.3. The minimum absolute atomic E-state index is 0.0202. The molecule has 12 heteroatoms. The van der Waals surface area contributed by atoms with Crippen LogP contribution in [0.1, 0.15) is 25.7 Å². The first-order valence-corrected chi connectivity index (χ1v) is 14.2. The fourth-order valence-corrected chi connectivity index (χ4v) is 5.76. The molecule has 0 radical (unpaired) electrons. The zero-order chi connectivity index (χ0) is 28.4. The van der Waals surface area contributed by atoms with Crippen LogP contribution in [0, 0.1) is 0 Å². The standard InChI is InChI=1S/C30H29N9O3/c31-30(10-11-30)18-36-14-9-19-15-20(5-6-22(19)36)33-29-32-16-21-26(35-29)39-24-8-7-23-27(34-24)37(25(40)17-42-23)12-3-1-2-4-13-38(39)28(21)41/h2,4-9,14-16H,1,3,10-13,17-18,31H2,(H,32,33,35)/b4-2-. The quantitative estimate of drug-likeness (QED) is 0.318. The Balaban J connectivity index is 1.20. The Morgan fingerprint density at radius 3 is 2.86 bits per heavy atom. The molecule has 6 heterocycles. The summed E-state index contributed by atoms with van der Waals surface area (Å²) in [4.78, 5) is 42.0. The van der Waals surface area contributed by atoms with E-state index in [-0.39, 0.29) is 23.6 Å². The molecule has 1 aliphatic carbocycles. The van der Waals surface area contributed by atoms with Gasteiger partial charge in [0.05, 0.1) is 6.54 Å². The van der Waals surface area contributed by atoms with E-state index < -0.39 is 0 Å². The minimum atomic E-state index is -0.224. The van der Waals surface area contributed by atoms with Gasteiger partial charge in [0.1, 0.15) is 5.39 Å². The lowest BCUT2D eigenvalue weighted by molar-refractivity contribution is -0.121. The average Bonchev–Trinajstić information content (AvgIpc) is 3.49. The van der Waals surface area contributed by atoms with E-state index in [1.54, 1.807) is 32.6 Å². The summed E-state index contributed by atoms with van der Waals surface area (Å²) in [5.74, 6) is 1.65. The number of pyridine rings is 1. The van der Waals surface area contributed by atoms with Gasteiger partial charge in [-0.2, -0.15) is 4.98 Å². The van der Waals surface area contributed by atoms with Crippen LogP contribution in [0.5, 0.6) is 5.75 Å². The van der Waals surface area contributed by atoms with Crippen molar-refractivity contribution in [2.45, 2.75) is 44.3 Å². The summed E-state index contributed by atoms with van der Waals surface area (Å²) in [6, 6.07) is 11.7. The van der Waals surface area contributed by atoms with E-state index in [0.29, 0.717) is 47.5 Å². The molecule has 42 heavy (non-hydrogen) atoms. The van der Waals surface area contributed by atoms with Crippen molar-refractivity contribution < 1.29 is 9.53 Å². The number of hydrogen-bond acceptors (Lipinski definition) is 8. The topological polar surface area (TPSA) is 138 Å². The van der Waals surface area contributed by atoms with Gasteiger partial charge in [-0.15, -0.1) is 0 Å². The summed E-state index contributed by atoms with van der Waals surface area (Å²) in [5.41, 5.74) is 8.40. The van der Waals surface area contributed by atoms with Gasteiger partial charge in [0, 0.05) is 47.6 Å². The molecule has 0 spiro atoms. The van der Waals surface area contributed by atoms with E-state index in [1.165, 1.54) is 0 Å². The second kappa shape index (κ2) is 9.28. The molecule has 3 aliphatic rings. The first-order valence-electron chi connectivity index (χ1n) is 14.2. The van der Waals surface area contributed by atoms with Gasteiger partial charge in [0.25, 0.3) is 11.5 Å². The summed E-state index contributed by atoms with van der Waals surface area (Å²) < 4.78 is 11.1. The number of nitrogens with two attached hydrogens (primary N) is 1. The van der Waals surface area contributed by atoms with Gasteiger partial charge in [-0.05, 0) is 62.1 Å². The van der Waals surface area contributed by atoms with Gasteiger partial charge >= 0.3 is 0 Å². The van der Waals surface area contributed by atoms with E-state index in [1.807, 2.05) is 24.3 Å². The molecule has 212 valence electrons. The number of nitrogens with one attached hydrogen (secondary N) is 1. The summed E-state index contributed by atoms with van der Waals surface area (Å²) in [7, 11) is 0. The summed E-state index contributed by atoms with van der Waals surface area (Å²) in [6.07, 6.45) is 11.3. The molecule has 0 saturated heterocycles. The van der Waals surface area contributed by atoms with Crippen LogP contribution in [0.3, 0.4) is 0 Å². The molecule has 3 N–H and O–H groups in total. The number of carbonyl (C=O) groups excluding carboxylic acids is 1. The number of allylic oxidation sites excluding steroid dienone is 2. The first-order chi connectivity index (χ1) is 20.5. The van der Waals surface area contributed by atoms with Crippen molar-refractivity contribution in [3.05, 3.63) is 71.3 Å². The molecular weight excluding hydrogens is 534 g/mol. The van der Waals surface area contributed by atoms with Crippen molar-refractivity contribution in [3.8, 4) is 11.6 Å². The number of anilines is 3. The average molecular weight is 564 g/mol. The van der Waals surface area contributed by atoms with Gasteiger partial charge in [0.2, 0.25) is 5.95 Å². The highest BCUT2D eigenvalue weighted by molar-refractivity contribution is 5.96. The van der Waals surface area contributed by atoms with Crippen molar-refractivity contribution in [2.24, 2.45) is 5.73 Å². The number of fused-ring (bicyclic) bond motifs is 6. The van der Waals surface area contributed by atoms with Gasteiger partial charge in [0.15, 0.2) is 29.6 Å². The molecular formula is C30H29N9O3. The van der Waals surface area contributed by atoms with Crippen LogP contribution < -0.4 is 26.2 Å². The number of benzene rings is 1. The fraction of sp³-hybridized carbons (Fsp3) is 0.300. The molecule has 2 aliphatic heterocycles. The first kappa shape index (κ1) is 24.8. The highest BCUT2D eigenvalue weighted by atomic mass is 16.5. The summed E-state index contributed by atoms with van der Waals surface area (Å²) in [6.45, 7) is 1.66. The normalized spacial score (nSPS) is 18.2. The van der Waals surface area contributed by atoms with E-state index >= 15 is 0 Å². The van der Waals surface area contributed by atoms with Gasteiger partial charge < -0.3 is 20.4 Å². The van der Waals surface area contributed by atoms with Crippen LogP contribution in [0.25, 0.3) is 27.8 Å². The molecule has 12 nitrogen and oxygen atoms in total. The van der Waals surface area contributed by atoms with Crippen LogP contribution >= 0.6 is 0 Å². The third-order valence-electron chi connectivity index (χ3n) is 8.23. The third kappa shape index (κ3) is 4.14. The minimum Gasteiger partial charge on any atom is -0.480 e. The number of nitrogens with zero attached hydrogens (tertiary/aromatic N) is 7. The van der Waals surface area contributed by atoms with Crippen molar-refractivity contribution in [3.63, 3.8) is 0 Å². The Kier molecular flexibility index (Phi) is 5.48. The fourth-order valence-electron chi connectivity index (χ4n) is 5.76. The molecule has 1 aromatic carbocycles. The number of rotatable bonds is 4. The third-order valence-corrected chi connectivity index (χ3v) is 8.23. The zero-order valence-corrected chi connectivity index (χ0v) is 22.9. The van der Waals surface area contributed by atoms with E-state index in [4.69, 9.17) is 20.4 Å². The number of ether oxygens (including phenoxy) is 1. The maximum Gasteiger partial charge on any atom is 0.278 e.